The van der Waals surface area contributed by atoms with Crippen molar-refractivity contribution in [2.45, 2.75) is 36.9 Å². The zero-order valence-corrected chi connectivity index (χ0v) is 23.7. The number of fused-ring (bicyclic) bond motifs is 1. The van der Waals surface area contributed by atoms with Gasteiger partial charge in [0.15, 0.2) is 9.96 Å². The molecule has 0 saturated heterocycles. The number of hydrogen-bond donors (Lipinski definition) is 1. The molecule has 0 spiro atoms. The van der Waals surface area contributed by atoms with Gasteiger partial charge >= 0.3 is 5.97 Å². The second-order valence-corrected chi connectivity index (χ2v) is 11.0. The summed E-state index contributed by atoms with van der Waals surface area (Å²) >= 11 is 2.22. The van der Waals surface area contributed by atoms with Crippen molar-refractivity contribution < 1.29 is 14.5 Å². The van der Waals surface area contributed by atoms with Gasteiger partial charge in [0.2, 0.25) is 0 Å². The van der Waals surface area contributed by atoms with E-state index in [0.29, 0.717) is 37.4 Å². The highest BCUT2D eigenvalue weighted by Gasteiger charge is 2.33. The molecule has 2 aromatic heterocycles. The third kappa shape index (κ3) is 5.67. The second-order valence-electron chi connectivity index (χ2n) is 8.99. The Morgan fingerprint density at radius 3 is 2.63 bits per heavy atom. The summed E-state index contributed by atoms with van der Waals surface area (Å²) in [6.07, 6.45) is 1.55. The molecule has 0 aliphatic carbocycles. The van der Waals surface area contributed by atoms with Gasteiger partial charge in [-0.1, -0.05) is 53.4 Å². The Balaban J connectivity index is 1.70. The number of nitrogens with zero attached hydrogens (tertiary/aromatic N) is 4. The first-order valence-electron chi connectivity index (χ1n) is 12.4. The number of nitro groups is 1. The molecule has 13 heteroatoms. The SMILES string of the molecule is CCOC(=O)C1=C(C)N=c2s/c(=C/c3cc([N+](=O)[O-])ccc3Sc3nc(C)cc(=O)[nH]3)c(=O)n2[C@H]1c1ccccc1. The van der Waals surface area contributed by atoms with Crippen LogP contribution in [0.3, 0.4) is 0 Å². The molecule has 0 amide bonds. The lowest BCUT2D eigenvalue weighted by Gasteiger charge is -2.24. The molecule has 0 fully saturated rings. The number of nitro benzene ring substituents is 1. The average molecular weight is 590 g/mol. The molecular formula is C28H23N5O6S2. The fourth-order valence-corrected chi connectivity index (χ4v) is 6.40. The van der Waals surface area contributed by atoms with Crippen LogP contribution in [-0.4, -0.2) is 32.0 Å². The maximum atomic E-state index is 13.9. The average Bonchev–Trinajstić information content (AvgIpc) is 3.22. The fourth-order valence-electron chi connectivity index (χ4n) is 4.44. The number of ether oxygens (including phenoxy) is 1. The number of allylic oxidation sites excluding steroid dienone is 1. The maximum absolute atomic E-state index is 13.9. The van der Waals surface area contributed by atoms with Crippen molar-refractivity contribution in [2.75, 3.05) is 6.61 Å². The largest absolute Gasteiger partial charge is 0.463 e. The Hall–Kier alpha value is -4.62. The van der Waals surface area contributed by atoms with E-state index in [9.17, 15) is 24.5 Å². The summed E-state index contributed by atoms with van der Waals surface area (Å²) in [7, 11) is 0. The van der Waals surface area contributed by atoms with Gasteiger partial charge in [0.25, 0.3) is 16.8 Å². The van der Waals surface area contributed by atoms with Crippen LogP contribution < -0.4 is 20.5 Å². The Kier molecular flexibility index (Phi) is 7.81. The summed E-state index contributed by atoms with van der Waals surface area (Å²) in [4.78, 5) is 62.4. The first-order chi connectivity index (χ1) is 19.7. The number of thiazole rings is 1. The molecule has 208 valence electrons. The van der Waals surface area contributed by atoms with Crippen LogP contribution in [0.2, 0.25) is 0 Å². The molecule has 0 radical (unpaired) electrons. The van der Waals surface area contributed by atoms with Gasteiger partial charge < -0.3 is 9.72 Å². The van der Waals surface area contributed by atoms with Crippen molar-refractivity contribution in [2.24, 2.45) is 4.99 Å². The molecule has 2 aromatic carbocycles. The molecule has 3 heterocycles. The summed E-state index contributed by atoms with van der Waals surface area (Å²) < 4.78 is 7.02. The number of nitrogens with one attached hydrogen (secondary N) is 1. The first kappa shape index (κ1) is 27.9. The number of aromatic nitrogens is 3. The van der Waals surface area contributed by atoms with Crippen LogP contribution in [0.15, 0.2) is 90.5 Å². The molecule has 4 aromatic rings. The molecule has 1 atom stereocenters. The zero-order chi connectivity index (χ0) is 29.3. The number of aromatic amines is 1. The zero-order valence-electron chi connectivity index (χ0n) is 22.1. The minimum absolute atomic E-state index is 0.163. The van der Waals surface area contributed by atoms with E-state index in [4.69, 9.17) is 4.74 Å². The van der Waals surface area contributed by atoms with Gasteiger partial charge in [0.05, 0.1) is 33.4 Å². The summed E-state index contributed by atoms with van der Waals surface area (Å²) in [6, 6.07) is 14.0. The number of H-pyrrole nitrogens is 1. The predicted molar refractivity (Wildman–Crippen MR) is 154 cm³/mol. The minimum atomic E-state index is -0.769. The van der Waals surface area contributed by atoms with Crippen molar-refractivity contribution >= 4 is 40.8 Å². The van der Waals surface area contributed by atoms with Gasteiger partial charge in [-0.2, -0.15) is 0 Å². The standard InChI is InChI=1S/C28H23N5O6S2/c1-4-39-26(36)23-16(3)30-28-32(24(23)17-8-6-5-7-9-17)25(35)21(41-28)14-18-13-19(33(37)38)10-11-20(18)40-27-29-15(2)12-22(34)31-27/h5-14,24H,4H2,1-3H3,(H,29,31,34)/b21-14+/t24-/m0/s1. The Morgan fingerprint density at radius 2 is 1.95 bits per heavy atom. The van der Waals surface area contributed by atoms with E-state index in [-0.39, 0.29) is 28.0 Å². The van der Waals surface area contributed by atoms with Crippen molar-refractivity contribution in [3.05, 3.63) is 123 Å². The number of rotatable bonds is 7. The van der Waals surface area contributed by atoms with E-state index in [1.165, 1.54) is 22.8 Å². The van der Waals surface area contributed by atoms with Crippen LogP contribution in [0, 0.1) is 17.0 Å². The maximum Gasteiger partial charge on any atom is 0.338 e. The summed E-state index contributed by atoms with van der Waals surface area (Å²) in [5, 5.41) is 11.9. The third-order valence-electron chi connectivity index (χ3n) is 6.18. The molecule has 0 unspecified atom stereocenters. The van der Waals surface area contributed by atoms with Gasteiger partial charge in [-0.15, -0.1) is 0 Å². The Labute approximate surface area is 240 Å². The Bertz CT molecular complexity index is 1960. The van der Waals surface area contributed by atoms with Gasteiger partial charge in [0.1, 0.15) is 0 Å². The normalized spacial score (nSPS) is 14.9. The van der Waals surface area contributed by atoms with E-state index in [0.717, 1.165) is 23.1 Å². The fraction of sp³-hybridized carbons (Fsp3) is 0.179. The molecule has 0 saturated carbocycles. The van der Waals surface area contributed by atoms with Crippen molar-refractivity contribution in [3.8, 4) is 0 Å². The van der Waals surface area contributed by atoms with E-state index >= 15 is 0 Å². The van der Waals surface area contributed by atoms with Crippen LogP contribution in [0.4, 0.5) is 5.69 Å². The lowest BCUT2D eigenvalue weighted by atomic mass is 9.96. The summed E-state index contributed by atoms with van der Waals surface area (Å²) in [6.45, 7) is 5.25. The monoisotopic (exact) mass is 589 g/mol. The summed E-state index contributed by atoms with van der Waals surface area (Å²) in [5.41, 5.74) is 1.40. The topological polar surface area (TPSA) is 150 Å². The number of non-ortho nitro benzene ring substituents is 1. The highest BCUT2D eigenvalue weighted by Crippen LogP contribution is 2.32. The van der Waals surface area contributed by atoms with E-state index in [1.807, 2.05) is 30.3 Å². The summed E-state index contributed by atoms with van der Waals surface area (Å²) in [5.74, 6) is -0.561. The Morgan fingerprint density at radius 1 is 1.20 bits per heavy atom. The van der Waals surface area contributed by atoms with Gasteiger partial charge in [0, 0.05) is 28.8 Å². The van der Waals surface area contributed by atoms with Gasteiger partial charge in [-0.05, 0) is 44.0 Å². The molecule has 5 rings (SSSR count). The van der Waals surface area contributed by atoms with Crippen molar-refractivity contribution in [1.29, 1.82) is 0 Å². The first-order valence-corrected chi connectivity index (χ1v) is 14.1. The smallest absolute Gasteiger partial charge is 0.338 e. The van der Waals surface area contributed by atoms with Crippen LogP contribution in [0.1, 0.15) is 36.7 Å². The highest BCUT2D eigenvalue weighted by atomic mass is 32.2. The number of benzene rings is 2. The molecule has 1 aliphatic rings. The van der Waals surface area contributed by atoms with E-state index in [1.54, 1.807) is 32.9 Å². The third-order valence-corrected chi connectivity index (χ3v) is 8.14. The molecule has 0 bridgehead atoms. The molecule has 1 aliphatic heterocycles. The van der Waals surface area contributed by atoms with E-state index < -0.39 is 22.5 Å². The quantitative estimate of drug-likeness (QED) is 0.149. The van der Waals surface area contributed by atoms with Crippen LogP contribution >= 0.6 is 23.1 Å². The van der Waals surface area contributed by atoms with Gasteiger partial charge in [-0.3, -0.25) is 24.3 Å². The molecule has 41 heavy (non-hydrogen) atoms. The van der Waals surface area contributed by atoms with Crippen molar-refractivity contribution in [1.82, 2.24) is 14.5 Å². The number of aryl methyl sites for hydroxylation is 1. The van der Waals surface area contributed by atoms with Crippen molar-refractivity contribution in [3.63, 3.8) is 0 Å². The minimum Gasteiger partial charge on any atom is -0.463 e. The van der Waals surface area contributed by atoms with Gasteiger partial charge in [-0.25, -0.2) is 14.8 Å². The predicted octanol–water partition coefficient (Wildman–Crippen LogP) is 3.25. The molecule has 1 N–H and O–H groups in total. The number of hydrogen-bond acceptors (Lipinski definition) is 10. The second kappa shape index (κ2) is 11.5. The number of carbonyl (C=O) groups excluding carboxylic acids is 1. The van der Waals surface area contributed by atoms with Crippen LogP contribution in [0.5, 0.6) is 0 Å². The highest BCUT2D eigenvalue weighted by molar-refractivity contribution is 7.99. The number of carbonyl (C=O) groups is 1. The van der Waals surface area contributed by atoms with E-state index in [2.05, 4.69) is 15.0 Å². The van der Waals surface area contributed by atoms with Crippen LogP contribution in [-0.2, 0) is 9.53 Å². The van der Waals surface area contributed by atoms with Crippen LogP contribution in [0.25, 0.3) is 6.08 Å². The lowest BCUT2D eigenvalue weighted by Crippen LogP contribution is -2.39. The molecule has 11 nitrogen and oxygen atoms in total. The number of esters is 1. The lowest BCUT2D eigenvalue weighted by molar-refractivity contribution is -0.384. The molecular weight excluding hydrogens is 566 g/mol.